The van der Waals surface area contributed by atoms with Gasteiger partial charge in [0.2, 0.25) is 0 Å². The van der Waals surface area contributed by atoms with Gasteiger partial charge in [0, 0.05) is 18.7 Å². The highest BCUT2D eigenvalue weighted by molar-refractivity contribution is 5.78. The van der Waals surface area contributed by atoms with Gasteiger partial charge in [-0.05, 0) is 26.3 Å². The number of carbonyl (C=O) groups excluding carboxylic acids is 2. The smallest absolute Gasteiger partial charge is 0.411 e. The summed E-state index contributed by atoms with van der Waals surface area (Å²) in [4.78, 5) is 35.0. The van der Waals surface area contributed by atoms with E-state index in [9.17, 15) is 19.7 Å². The normalized spacial score (nSPS) is 10.8. The van der Waals surface area contributed by atoms with Crippen LogP contribution in [-0.2, 0) is 20.8 Å². The van der Waals surface area contributed by atoms with Gasteiger partial charge in [-0.1, -0.05) is 12.1 Å². The first kappa shape index (κ1) is 18.4. The van der Waals surface area contributed by atoms with Gasteiger partial charge in [0.05, 0.1) is 12.0 Å². The van der Waals surface area contributed by atoms with Gasteiger partial charge in [-0.2, -0.15) is 0 Å². The fraction of sp³-hybridized carbons (Fsp3) is 0.467. The molecule has 0 spiro atoms. The topological polar surface area (TPSA) is 99.0 Å². The van der Waals surface area contributed by atoms with Gasteiger partial charge in [-0.25, -0.2) is 4.79 Å². The number of rotatable bonds is 5. The number of nitrogens with zero attached hydrogens (tertiary/aromatic N) is 2. The maximum Gasteiger partial charge on any atom is 0.411 e. The van der Waals surface area contributed by atoms with Crippen molar-refractivity contribution >= 4 is 17.7 Å². The van der Waals surface area contributed by atoms with Crippen LogP contribution in [0.2, 0.25) is 0 Å². The highest BCUT2D eigenvalue weighted by Crippen LogP contribution is 2.16. The lowest BCUT2D eigenvalue weighted by Crippen LogP contribution is -2.39. The van der Waals surface area contributed by atoms with Crippen molar-refractivity contribution in [2.75, 3.05) is 13.7 Å². The summed E-state index contributed by atoms with van der Waals surface area (Å²) in [5.41, 5.74) is -0.128. The van der Waals surface area contributed by atoms with Crippen molar-refractivity contribution in [2.24, 2.45) is 0 Å². The molecule has 8 nitrogen and oxygen atoms in total. The zero-order valence-corrected chi connectivity index (χ0v) is 13.6. The third-order valence-corrected chi connectivity index (χ3v) is 2.72. The SMILES string of the molecule is COC(=O)CN(Cc1ccc([N+](=O)[O-])cc1)C(=O)OC(C)(C)C. The minimum absolute atomic E-state index is 0.0504. The Morgan fingerprint density at radius 1 is 1.22 bits per heavy atom. The molecule has 8 heteroatoms. The average molecular weight is 324 g/mol. The average Bonchev–Trinajstić information content (AvgIpc) is 2.45. The predicted molar refractivity (Wildman–Crippen MR) is 81.8 cm³/mol. The van der Waals surface area contributed by atoms with E-state index in [0.717, 1.165) is 0 Å². The van der Waals surface area contributed by atoms with Crippen molar-refractivity contribution in [2.45, 2.75) is 32.9 Å². The minimum atomic E-state index is -0.707. The van der Waals surface area contributed by atoms with Gasteiger partial charge in [-0.3, -0.25) is 19.8 Å². The third kappa shape index (κ3) is 6.33. The molecule has 0 bridgehead atoms. The Labute approximate surface area is 134 Å². The Morgan fingerprint density at radius 3 is 2.22 bits per heavy atom. The van der Waals surface area contributed by atoms with E-state index in [1.807, 2.05) is 0 Å². The van der Waals surface area contributed by atoms with E-state index in [4.69, 9.17) is 4.74 Å². The summed E-state index contributed by atoms with van der Waals surface area (Å²) in [5, 5.41) is 10.6. The molecule has 0 radical (unpaired) electrons. The van der Waals surface area contributed by atoms with Crippen molar-refractivity contribution in [3.63, 3.8) is 0 Å². The summed E-state index contributed by atoms with van der Waals surface area (Å²) in [6, 6.07) is 5.71. The van der Waals surface area contributed by atoms with Crippen molar-refractivity contribution in [3.05, 3.63) is 39.9 Å². The second-order valence-corrected chi connectivity index (χ2v) is 5.84. The first-order valence-corrected chi connectivity index (χ1v) is 6.90. The number of hydrogen-bond donors (Lipinski definition) is 0. The molecule has 0 heterocycles. The Hall–Kier alpha value is -2.64. The first-order valence-electron chi connectivity index (χ1n) is 6.90. The molecule has 1 amide bonds. The third-order valence-electron chi connectivity index (χ3n) is 2.72. The molecule has 0 aliphatic heterocycles. The summed E-state index contributed by atoms with van der Waals surface area (Å²) in [7, 11) is 1.22. The van der Waals surface area contributed by atoms with Crippen LogP contribution in [0.5, 0.6) is 0 Å². The molecular formula is C15H20N2O6. The van der Waals surface area contributed by atoms with Crippen molar-refractivity contribution in [3.8, 4) is 0 Å². The number of carbonyl (C=O) groups is 2. The molecule has 1 aromatic rings. The van der Waals surface area contributed by atoms with Crippen LogP contribution in [0.15, 0.2) is 24.3 Å². The molecule has 0 fully saturated rings. The molecule has 126 valence electrons. The van der Waals surface area contributed by atoms with E-state index < -0.39 is 22.6 Å². The Balaban J connectivity index is 2.89. The van der Waals surface area contributed by atoms with Crippen LogP contribution < -0.4 is 0 Å². The number of non-ortho nitro benzene ring substituents is 1. The number of esters is 1. The lowest BCUT2D eigenvalue weighted by Gasteiger charge is -2.26. The second kappa shape index (κ2) is 7.57. The van der Waals surface area contributed by atoms with Crippen LogP contribution in [0.3, 0.4) is 0 Å². The van der Waals surface area contributed by atoms with E-state index in [0.29, 0.717) is 5.56 Å². The summed E-state index contributed by atoms with van der Waals surface area (Å²) < 4.78 is 9.82. The highest BCUT2D eigenvalue weighted by Gasteiger charge is 2.24. The molecule has 0 aliphatic rings. The van der Waals surface area contributed by atoms with Crippen molar-refractivity contribution in [1.82, 2.24) is 4.90 Å². The monoisotopic (exact) mass is 324 g/mol. The molecule has 0 saturated heterocycles. The maximum atomic E-state index is 12.2. The second-order valence-electron chi connectivity index (χ2n) is 5.84. The first-order chi connectivity index (χ1) is 10.6. The lowest BCUT2D eigenvalue weighted by molar-refractivity contribution is -0.384. The van der Waals surface area contributed by atoms with Crippen LogP contribution in [0.1, 0.15) is 26.3 Å². The van der Waals surface area contributed by atoms with Gasteiger partial charge >= 0.3 is 12.1 Å². The summed E-state index contributed by atoms with van der Waals surface area (Å²) in [5.74, 6) is -0.585. The van der Waals surface area contributed by atoms with Crippen LogP contribution in [0.25, 0.3) is 0 Å². The Kier molecular flexibility index (Phi) is 6.06. The predicted octanol–water partition coefficient (Wildman–Crippen LogP) is 2.50. The Morgan fingerprint density at radius 2 is 1.78 bits per heavy atom. The standard InChI is InChI=1S/C15H20N2O6/c1-15(2,3)23-14(19)16(10-13(18)22-4)9-11-5-7-12(8-6-11)17(20)21/h5-8H,9-10H2,1-4H3. The number of nitro benzene ring substituents is 1. The number of methoxy groups -OCH3 is 1. The maximum absolute atomic E-state index is 12.2. The molecule has 0 unspecified atom stereocenters. The zero-order valence-electron chi connectivity index (χ0n) is 13.6. The number of nitro groups is 1. The molecule has 0 aromatic heterocycles. The molecule has 0 aliphatic carbocycles. The zero-order chi connectivity index (χ0) is 17.6. The van der Waals surface area contributed by atoms with Gasteiger partial charge in [0.1, 0.15) is 12.1 Å². The van der Waals surface area contributed by atoms with Crippen LogP contribution >= 0.6 is 0 Å². The number of amides is 1. The molecule has 0 saturated carbocycles. The number of ether oxygens (including phenoxy) is 2. The lowest BCUT2D eigenvalue weighted by atomic mass is 10.2. The Bertz CT molecular complexity index is 577. The molecule has 0 atom stereocenters. The van der Waals surface area contributed by atoms with Crippen LogP contribution in [-0.4, -0.2) is 41.1 Å². The van der Waals surface area contributed by atoms with E-state index in [1.165, 1.54) is 36.3 Å². The molecule has 1 rings (SSSR count). The molecule has 1 aromatic carbocycles. The van der Waals surface area contributed by atoms with Crippen LogP contribution in [0.4, 0.5) is 10.5 Å². The number of hydrogen-bond acceptors (Lipinski definition) is 6. The molecular weight excluding hydrogens is 304 g/mol. The van der Waals surface area contributed by atoms with Crippen LogP contribution in [0, 0.1) is 10.1 Å². The van der Waals surface area contributed by atoms with Crippen molar-refractivity contribution < 1.29 is 24.0 Å². The molecule has 23 heavy (non-hydrogen) atoms. The largest absolute Gasteiger partial charge is 0.468 e. The van der Waals surface area contributed by atoms with Gasteiger partial charge in [0.25, 0.3) is 5.69 Å². The molecule has 0 N–H and O–H groups in total. The van der Waals surface area contributed by atoms with Gasteiger partial charge in [-0.15, -0.1) is 0 Å². The highest BCUT2D eigenvalue weighted by atomic mass is 16.6. The van der Waals surface area contributed by atoms with E-state index in [1.54, 1.807) is 20.8 Å². The van der Waals surface area contributed by atoms with E-state index in [2.05, 4.69) is 4.74 Å². The van der Waals surface area contributed by atoms with E-state index >= 15 is 0 Å². The fourth-order valence-electron chi connectivity index (χ4n) is 1.68. The van der Waals surface area contributed by atoms with Gasteiger partial charge < -0.3 is 9.47 Å². The number of benzene rings is 1. The summed E-state index contributed by atoms with van der Waals surface area (Å²) >= 11 is 0. The minimum Gasteiger partial charge on any atom is -0.468 e. The summed E-state index contributed by atoms with van der Waals surface area (Å²) in [6.45, 7) is 4.94. The summed E-state index contributed by atoms with van der Waals surface area (Å²) in [6.07, 6.45) is -0.666. The van der Waals surface area contributed by atoms with Gasteiger partial charge in [0.15, 0.2) is 0 Å². The quantitative estimate of drug-likeness (QED) is 0.469. The van der Waals surface area contributed by atoms with Crippen molar-refractivity contribution in [1.29, 1.82) is 0 Å². The fourth-order valence-corrected chi connectivity index (χ4v) is 1.68. The van der Waals surface area contributed by atoms with E-state index in [-0.39, 0.29) is 18.8 Å².